The standard InChI is InChI=1S/C13H19NO/c1-13(2,3)10-6-9-4-5-11(15)7-12(9)14-8-10/h4-5,7,10,14-15H,6,8H2,1-3H3/t10-/m0/s1. The van der Waals surface area contributed by atoms with Gasteiger partial charge in [-0.1, -0.05) is 26.8 Å². The largest absolute Gasteiger partial charge is 0.508 e. The van der Waals surface area contributed by atoms with Crippen molar-refractivity contribution >= 4 is 5.69 Å². The van der Waals surface area contributed by atoms with Crippen LogP contribution in [0.2, 0.25) is 0 Å². The van der Waals surface area contributed by atoms with Crippen molar-refractivity contribution in [2.45, 2.75) is 27.2 Å². The average Bonchev–Trinajstić information content (AvgIpc) is 2.15. The summed E-state index contributed by atoms with van der Waals surface area (Å²) >= 11 is 0. The Morgan fingerprint density at radius 3 is 2.73 bits per heavy atom. The summed E-state index contributed by atoms with van der Waals surface area (Å²) in [6.07, 6.45) is 1.10. The van der Waals surface area contributed by atoms with Gasteiger partial charge in [-0.25, -0.2) is 0 Å². The van der Waals surface area contributed by atoms with Gasteiger partial charge in [0, 0.05) is 18.3 Å². The van der Waals surface area contributed by atoms with Gasteiger partial charge in [-0.15, -0.1) is 0 Å². The molecule has 0 aliphatic carbocycles. The van der Waals surface area contributed by atoms with E-state index < -0.39 is 0 Å². The maximum absolute atomic E-state index is 9.37. The van der Waals surface area contributed by atoms with Gasteiger partial charge in [0.05, 0.1) is 0 Å². The fourth-order valence-electron chi connectivity index (χ4n) is 2.09. The number of hydrogen-bond donors (Lipinski definition) is 2. The minimum Gasteiger partial charge on any atom is -0.508 e. The van der Waals surface area contributed by atoms with Crippen LogP contribution in [0.3, 0.4) is 0 Å². The molecule has 0 spiro atoms. The van der Waals surface area contributed by atoms with Gasteiger partial charge in [0.1, 0.15) is 5.75 Å². The molecule has 2 heteroatoms. The van der Waals surface area contributed by atoms with Crippen LogP contribution >= 0.6 is 0 Å². The Labute approximate surface area is 91.3 Å². The van der Waals surface area contributed by atoms with Crippen LogP contribution in [0, 0.1) is 11.3 Å². The van der Waals surface area contributed by atoms with Gasteiger partial charge in [-0.2, -0.15) is 0 Å². The lowest BCUT2D eigenvalue weighted by Crippen LogP contribution is -2.33. The molecule has 2 N–H and O–H groups in total. The SMILES string of the molecule is CC(C)(C)[C@@H]1CNc2cc(O)ccc2C1. The average molecular weight is 205 g/mol. The Balaban J connectivity index is 2.24. The molecule has 1 aromatic carbocycles. The van der Waals surface area contributed by atoms with Crippen LogP contribution in [0.1, 0.15) is 26.3 Å². The van der Waals surface area contributed by atoms with E-state index in [0.29, 0.717) is 17.1 Å². The molecular weight excluding hydrogens is 186 g/mol. The molecule has 0 saturated heterocycles. The normalized spacial score (nSPS) is 20.6. The number of anilines is 1. The summed E-state index contributed by atoms with van der Waals surface area (Å²) in [5.74, 6) is 1.00. The number of benzene rings is 1. The highest BCUT2D eigenvalue weighted by molar-refractivity contribution is 5.56. The first-order chi connectivity index (χ1) is 6.97. The van der Waals surface area contributed by atoms with E-state index in [9.17, 15) is 5.11 Å². The molecular formula is C13H19NO. The maximum Gasteiger partial charge on any atom is 0.117 e. The lowest BCUT2D eigenvalue weighted by atomic mass is 9.75. The Bertz CT molecular complexity index is 365. The lowest BCUT2D eigenvalue weighted by molar-refractivity contribution is 0.247. The van der Waals surface area contributed by atoms with Crippen molar-refractivity contribution in [2.24, 2.45) is 11.3 Å². The number of rotatable bonds is 0. The number of fused-ring (bicyclic) bond motifs is 1. The minimum absolute atomic E-state index is 0.336. The van der Waals surface area contributed by atoms with Crippen LogP contribution < -0.4 is 5.32 Å². The number of phenolic OH excluding ortho intramolecular Hbond substituents is 1. The molecule has 1 aliphatic heterocycles. The van der Waals surface area contributed by atoms with Crippen LogP contribution in [-0.4, -0.2) is 11.7 Å². The molecule has 1 heterocycles. The first-order valence-corrected chi connectivity index (χ1v) is 5.52. The number of hydrogen-bond acceptors (Lipinski definition) is 2. The molecule has 0 saturated carbocycles. The molecule has 15 heavy (non-hydrogen) atoms. The second-order valence-corrected chi connectivity index (χ2v) is 5.49. The second-order valence-electron chi connectivity index (χ2n) is 5.49. The van der Waals surface area contributed by atoms with Gasteiger partial charge in [-0.05, 0) is 29.4 Å². The summed E-state index contributed by atoms with van der Waals surface area (Å²) < 4.78 is 0. The summed E-state index contributed by atoms with van der Waals surface area (Å²) in [5.41, 5.74) is 2.75. The van der Waals surface area contributed by atoms with Crippen molar-refractivity contribution in [1.82, 2.24) is 0 Å². The fraction of sp³-hybridized carbons (Fsp3) is 0.538. The Morgan fingerprint density at radius 1 is 1.33 bits per heavy atom. The molecule has 0 aromatic heterocycles. The molecule has 2 rings (SSSR count). The second kappa shape index (κ2) is 3.44. The Hall–Kier alpha value is -1.18. The van der Waals surface area contributed by atoms with E-state index in [1.165, 1.54) is 5.56 Å². The van der Waals surface area contributed by atoms with Gasteiger partial charge in [0.15, 0.2) is 0 Å². The van der Waals surface area contributed by atoms with Crippen molar-refractivity contribution in [3.05, 3.63) is 23.8 Å². The molecule has 1 aliphatic rings. The van der Waals surface area contributed by atoms with Crippen LogP contribution in [0.15, 0.2) is 18.2 Å². The monoisotopic (exact) mass is 205 g/mol. The zero-order valence-corrected chi connectivity index (χ0v) is 9.67. The fourth-order valence-corrected chi connectivity index (χ4v) is 2.09. The van der Waals surface area contributed by atoms with Crippen molar-refractivity contribution < 1.29 is 5.11 Å². The lowest BCUT2D eigenvalue weighted by Gasteiger charge is -2.35. The third kappa shape index (κ3) is 2.09. The highest BCUT2D eigenvalue weighted by atomic mass is 16.3. The van der Waals surface area contributed by atoms with Gasteiger partial charge < -0.3 is 10.4 Å². The van der Waals surface area contributed by atoms with E-state index in [1.54, 1.807) is 6.07 Å². The first-order valence-electron chi connectivity index (χ1n) is 5.52. The van der Waals surface area contributed by atoms with E-state index in [-0.39, 0.29) is 0 Å². The van der Waals surface area contributed by atoms with E-state index in [4.69, 9.17) is 0 Å². The quantitative estimate of drug-likeness (QED) is 0.682. The Morgan fingerprint density at radius 2 is 2.07 bits per heavy atom. The summed E-state index contributed by atoms with van der Waals surface area (Å²) in [4.78, 5) is 0. The first kappa shape index (κ1) is 10.3. The van der Waals surface area contributed by atoms with E-state index in [1.807, 2.05) is 12.1 Å². The summed E-state index contributed by atoms with van der Waals surface area (Å²) in [5, 5.41) is 12.8. The molecule has 1 aromatic rings. The predicted octanol–water partition coefficient (Wildman–Crippen LogP) is 3.02. The number of aromatic hydroxyl groups is 1. The van der Waals surface area contributed by atoms with Crippen molar-refractivity contribution in [3.63, 3.8) is 0 Å². The van der Waals surface area contributed by atoms with Crippen LogP contribution in [-0.2, 0) is 6.42 Å². The molecule has 0 bridgehead atoms. The van der Waals surface area contributed by atoms with Crippen molar-refractivity contribution in [3.8, 4) is 5.75 Å². The van der Waals surface area contributed by atoms with Gasteiger partial charge >= 0.3 is 0 Å². The van der Waals surface area contributed by atoms with Crippen LogP contribution in [0.5, 0.6) is 5.75 Å². The van der Waals surface area contributed by atoms with Gasteiger partial charge in [-0.3, -0.25) is 0 Å². The molecule has 0 fully saturated rings. The van der Waals surface area contributed by atoms with E-state index in [2.05, 4.69) is 26.1 Å². The summed E-state index contributed by atoms with van der Waals surface area (Å²) in [6, 6.07) is 5.61. The topological polar surface area (TPSA) is 32.3 Å². The smallest absolute Gasteiger partial charge is 0.117 e. The molecule has 1 atom stereocenters. The minimum atomic E-state index is 0.336. The Kier molecular flexibility index (Phi) is 2.37. The highest BCUT2D eigenvalue weighted by Gasteiger charge is 2.28. The molecule has 0 radical (unpaired) electrons. The van der Waals surface area contributed by atoms with E-state index >= 15 is 0 Å². The third-order valence-corrected chi connectivity index (χ3v) is 3.32. The number of nitrogens with one attached hydrogen (secondary N) is 1. The van der Waals surface area contributed by atoms with Crippen LogP contribution in [0.25, 0.3) is 0 Å². The predicted molar refractivity (Wildman–Crippen MR) is 63.2 cm³/mol. The molecule has 82 valence electrons. The van der Waals surface area contributed by atoms with Crippen molar-refractivity contribution in [1.29, 1.82) is 0 Å². The maximum atomic E-state index is 9.37. The molecule has 0 unspecified atom stereocenters. The third-order valence-electron chi connectivity index (χ3n) is 3.32. The van der Waals surface area contributed by atoms with Crippen LogP contribution in [0.4, 0.5) is 5.69 Å². The summed E-state index contributed by atoms with van der Waals surface area (Å²) in [7, 11) is 0. The van der Waals surface area contributed by atoms with Gasteiger partial charge in [0.2, 0.25) is 0 Å². The van der Waals surface area contributed by atoms with E-state index in [0.717, 1.165) is 18.7 Å². The number of phenols is 1. The van der Waals surface area contributed by atoms with Gasteiger partial charge in [0.25, 0.3) is 0 Å². The molecule has 2 nitrogen and oxygen atoms in total. The zero-order chi connectivity index (χ0) is 11.1. The van der Waals surface area contributed by atoms with Crippen molar-refractivity contribution in [2.75, 3.05) is 11.9 Å². The molecule has 0 amide bonds. The summed E-state index contributed by atoms with van der Waals surface area (Å²) in [6.45, 7) is 7.85. The highest BCUT2D eigenvalue weighted by Crippen LogP contribution is 2.35. The zero-order valence-electron chi connectivity index (χ0n) is 9.67.